The maximum Gasteiger partial charge on any atom is 0.263 e. The maximum atomic E-state index is 13.2. The number of aromatic nitrogens is 4. The number of hydrogen-bond donors (Lipinski definition) is 0. The van der Waals surface area contributed by atoms with Crippen molar-refractivity contribution < 1.29 is 4.52 Å². The van der Waals surface area contributed by atoms with Gasteiger partial charge in [0.15, 0.2) is 5.82 Å². The first-order chi connectivity index (χ1) is 14.2. The lowest BCUT2D eigenvalue weighted by Gasteiger charge is -2.04. The first-order valence-electron chi connectivity index (χ1n) is 9.11. The smallest absolute Gasteiger partial charge is 0.263 e. The van der Waals surface area contributed by atoms with E-state index in [-0.39, 0.29) is 12.1 Å². The first kappa shape index (κ1) is 17.5. The minimum atomic E-state index is -0.113. The molecule has 0 amide bonds. The van der Waals surface area contributed by atoms with E-state index in [1.54, 1.807) is 6.33 Å². The summed E-state index contributed by atoms with van der Waals surface area (Å²) < 4.78 is 6.86. The molecule has 3 aromatic heterocycles. The Kier molecular flexibility index (Phi) is 4.29. The molecule has 0 aliphatic rings. The van der Waals surface area contributed by atoms with Crippen LogP contribution in [0.5, 0.6) is 0 Å². The van der Waals surface area contributed by atoms with E-state index < -0.39 is 0 Å². The van der Waals surface area contributed by atoms with Crippen molar-refractivity contribution in [3.05, 3.63) is 88.0 Å². The zero-order valence-corrected chi connectivity index (χ0v) is 16.4. The molecule has 2 aromatic carbocycles. The molecule has 0 bridgehead atoms. The summed E-state index contributed by atoms with van der Waals surface area (Å²) in [6, 6.07) is 17.7. The molecule has 29 heavy (non-hydrogen) atoms. The van der Waals surface area contributed by atoms with E-state index in [0.717, 1.165) is 21.5 Å². The highest BCUT2D eigenvalue weighted by molar-refractivity contribution is 7.17. The van der Waals surface area contributed by atoms with Gasteiger partial charge in [0.25, 0.3) is 11.4 Å². The second-order valence-corrected chi connectivity index (χ2v) is 7.61. The lowest BCUT2D eigenvalue weighted by atomic mass is 10.1. The van der Waals surface area contributed by atoms with Gasteiger partial charge in [0.2, 0.25) is 0 Å². The van der Waals surface area contributed by atoms with Crippen LogP contribution in [-0.4, -0.2) is 19.7 Å². The molecule has 0 saturated heterocycles. The SMILES string of the molecule is Cc1ccc(-c2csc3ncn(Cc4noc(-c5ccccc5)n4)c(=O)c23)cc1. The molecule has 0 radical (unpaired) electrons. The summed E-state index contributed by atoms with van der Waals surface area (Å²) in [5, 5.41) is 6.62. The molecular formula is C22H16N4O2S. The van der Waals surface area contributed by atoms with E-state index in [9.17, 15) is 4.79 Å². The Morgan fingerprint density at radius 3 is 2.62 bits per heavy atom. The fourth-order valence-corrected chi connectivity index (χ4v) is 4.10. The van der Waals surface area contributed by atoms with Gasteiger partial charge in [0, 0.05) is 16.5 Å². The highest BCUT2D eigenvalue weighted by Crippen LogP contribution is 2.30. The molecule has 5 aromatic rings. The molecule has 6 nitrogen and oxygen atoms in total. The number of thiophene rings is 1. The fourth-order valence-electron chi connectivity index (χ4n) is 3.19. The van der Waals surface area contributed by atoms with Crippen LogP contribution >= 0.6 is 11.3 Å². The fraction of sp³-hybridized carbons (Fsp3) is 0.0909. The Morgan fingerprint density at radius 2 is 1.83 bits per heavy atom. The molecule has 0 saturated carbocycles. The summed E-state index contributed by atoms with van der Waals surface area (Å²) in [5.74, 6) is 0.859. The summed E-state index contributed by atoms with van der Waals surface area (Å²) in [4.78, 5) is 22.8. The van der Waals surface area contributed by atoms with Gasteiger partial charge < -0.3 is 4.52 Å². The number of aryl methyl sites for hydroxylation is 1. The second-order valence-electron chi connectivity index (χ2n) is 6.75. The Balaban J connectivity index is 1.52. The summed E-state index contributed by atoms with van der Waals surface area (Å²) in [7, 11) is 0. The Morgan fingerprint density at radius 1 is 1.03 bits per heavy atom. The van der Waals surface area contributed by atoms with Gasteiger partial charge in [-0.1, -0.05) is 53.2 Å². The molecule has 0 aliphatic heterocycles. The average Bonchev–Trinajstić information content (AvgIpc) is 3.39. The molecule has 3 heterocycles. The van der Waals surface area contributed by atoms with Gasteiger partial charge in [0.05, 0.1) is 18.3 Å². The third-order valence-corrected chi connectivity index (χ3v) is 5.61. The second kappa shape index (κ2) is 7.10. The standard InChI is InChI=1S/C22H16N4O2S/c1-14-7-9-15(10-8-14)17-12-29-21-19(17)22(27)26(13-23-21)11-18-24-20(28-25-18)16-5-3-2-4-6-16/h2-10,12-13H,11H2,1H3. The van der Waals surface area contributed by atoms with E-state index in [2.05, 4.69) is 15.1 Å². The molecule has 0 atom stereocenters. The predicted octanol–water partition coefficient (Wildman–Crippen LogP) is 4.53. The van der Waals surface area contributed by atoms with Crippen LogP contribution in [0.2, 0.25) is 0 Å². The van der Waals surface area contributed by atoms with Crippen molar-refractivity contribution in [2.45, 2.75) is 13.5 Å². The van der Waals surface area contributed by atoms with Crippen molar-refractivity contribution in [1.29, 1.82) is 0 Å². The van der Waals surface area contributed by atoms with Gasteiger partial charge >= 0.3 is 0 Å². The largest absolute Gasteiger partial charge is 0.334 e. The summed E-state index contributed by atoms with van der Waals surface area (Å²) >= 11 is 1.47. The Labute approximate surface area is 170 Å². The predicted molar refractivity (Wildman–Crippen MR) is 113 cm³/mol. The molecule has 5 rings (SSSR count). The van der Waals surface area contributed by atoms with Crippen LogP contribution in [0.3, 0.4) is 0 Å². The molecule has 0 spiro atoms. The van der Waals surface area contributed by atoms with Crippen molar-refractivity contribution >= 4 is 21.6 Å². The monoisotopic (exact) mass is 400 g/mol. The molecule has 0 N–H and O–H groups in total. The number of fused-ring (bicyclic) bond motifs is 1. The van der Waals surface area contributed by atoms with Gasteiger partial charge in [-0.3, -0.25) is 9.36 Å². The highest BCUT2D eigenvalue weighted by Gasteiger charge is 2.15. The molecule has 0 aliphatic carbocycles. The van der Waals surface area contributed by atoms with Crippen LogP contribution in [0, 0.1) is 6.92 Å². The van der Waals surface area contributed by atoms with E-state index in [0.29, 0.717) is 17.1 Å². The van der Waals surface area contributed by atoms with Crippen molar-refractivity contribution in [2.24, 2.45) is 0 Å². The van der Waals surface area contributed by atoms with E-state index >= 15 is 0 Å². The number of benzene rings is 2. The van der Waals surface area contributed by atoms with Crippen molar-refractivity contribution in [3.63, 3.8) is 0 Å². The highest BCUT2D eigenvalue weighted by atomic mass is 32.1. The minimum absolute atomic E-state index is 0.113. The van der Waals surface area contributed by atoms with Gasteiger partial charge in [-0.15, -0.1) is 11.3 Å². The van der Waals surface area contributed by atoms with Gasteiger partial charge in [0.1, 0.15) is 4.83 Å². The first-order valence-corrected chi connectivity index (χ1v) is 9.99. The van der Waals surface area contributed by atoms with Gasteiger partial charge in [-0.25, -0.2) is 4.98 Å². The molecule has 142 valence electrons. The van der Waals surface area contributed by atoms with Crippen LogP contribution < -0.4 is 5.56 Å². The van der Waals surface area contributed by atoms with Gasteiger partial charge in [-0.05, 0) is 24.6 Å². The van der Waals surface area contributed by atoms with Crippen LogP contribution in [0.1, 0.15) is 11.4 Å². The number of hydrogen-bond acceptors (Lipinski definition) is 6. The van der Waals surface area contributed by atoms with Crippen LogP contribution in [0.4, 0.5) is 0 Å². The van der Waals surface area contributed by atoms with Crippen molar-refractivity contribution in [2.75, 3.05) is 0 Å². The summed E-state index contributed by atoms with van der Waals surface area (Å²) in [5.41, 5.74) is 3.80. The van der Waals surface area contributed by atoms with E-state index in [4.69, 9.17) is 4.52 Å². The lowest BCUT2D eigenvalue weighted by Crippen LogP contribution is -2.21. The Hall–Kier alpha value is -3.58. The zero-order valence-electron chi connectivity index (χ0n) is 15.6. The van der Waals surface area contributed by atoms with Crippen LogP contribution in [0.15, 0.2) is 75.6 Å². The normalized spacial score (nSPS) is 11.2. The third-order valence-electron chi connectivity index (χ3n) is 4.72. The summed E-state index contributed by atoms with van der Waals surface area (Å²) in [6.07, 6.45) is 1.54. The van der Waals surface area contributed by atoms with Crippen LogP contribution in [-0.2, 0) is 6.54 Å². The van der Waals surface area contributed by atoms with Crippen molar-refractivity contribution in [3.8, 4) is 22.6 Å². The quantitative estimate of drug-likeness (QED) is 0.443. The maximum absolute atomic E-state index is 13.2. The third kappa shape index (κ3) is 3.25. The minimum Gasteiger partial charge on any atom is -0.334 e. The van der Waals surface area contributed by atoms with Crippen molar-refractivity contribution in [1.82, 2.24) is 19.7 Å². The molecular weight excluding hydrogens is 384 g/mol. The molecule has 0 unspecified atom stereocenters. The zero-order chi connectivity index (χ0) is 19.8. The molecule has 7 heteroatoms. The van der Waals surface area contributed by atoms with E-state index in [1.807, 2.05) is 66.9 Å². The van der Waals surface area contributed by atoms with Gasteiger partial charge in [-0.2, -0.15) is 4.98 Å². The molecule has 0 fully saturated rings. The number of rotatable bonds is 4. The Bertz CT molecular complexity index is 1350. The summed E-state index contributed by atoms with van der Waals surface area (Å²) in [6.45, 7) is 2.24. The average molecular weight is 400 g/mol. The number of nitrogens with zero attached hydrogens (tertiary/aromatic N) is 4. The van der Waals surface area contributed by atoms with E-state index in [1.165, 1.54) is 21.5 Å². The topological polar surface area (TPSA) is 73.8 Å². The lowest BCUT2D eigenvalue weighted by molar-refractivity contribution is 0.420. The van der Waals surface area contributed by atoms with Crippen LogP contribution in [0.25, 0.3) is 32.8 Å².